The average Bonchev–Trinajstić information content (AvgIpc) is 2.47. The highest BCUT2D eigenvalue weighted by atomic mass is 16.5. The van der Waals surface area contributed by atoms with Gasteiger partial charge in [-0.2, -0.15) is 0 Å². The van der Waals surface area contributed by atoms with Gasteiger partial charge in [-0.3, -0.25) is 0 Å². The van der Waals surface area contributed by atoms with E-state index in [1.54, 1.807) is 7.11 Å². The van der Waals surface area contributed by atoms with Crippen LogP contribution in [0.25, 0.3) is 0 Å². The van der Waals surface area contributed by atoms with E-state index < -0.39 is 0 Å². The minimum Gasteiger partial charge on any atom is -0.394 e. The van der Waals surface area contributed by atoms with Crippen LogP contribution in [0.2, 0.25) is 0 Å². The molecule has 0 aliphatic heterocycles. The highest BCUT2D eigenvalue weighted by Crippen LogP contribution is 1.90. The molecule has 0 saturated carbocycles. The molecule has 0 rings (SSSR count). The van der Waals surface area contributed by atoms with E-state index >= 15 is 0 Å². The molecule has 124 valence electrons. The maximum atomic E-state index is 8.20. The Hall–Kier alpha value is -0.200. The maximum absolute atomic E-state index is 8.20. The quantitative estimate of drug-likeness (QED) is 0.498. The number of rotatable bonds is 14. The topological polar surface area (TPSA) is 57.2 Å². The molecule has 0 saturated heterocycles. The van der Waals surface area contributed by atoms with Gasteiger partial charge >= 0.3 is 0 Å². The van der Waals surface area contributed by atoms with Crippen molar-refractivity contribution < 1.29 is 24.1 Å². The van der Waals surface area contributed by atoms with Gasteiger partial charge in [0.15, 0.2) is 0 Å². The summed E-state index contributed by atoms with van der Waals surface area (Å²) in [6, 6.07) is 0. The number of unbranched alkanes of at least 4 members (excludes halogenated alkanes) is 2. The summed E-state index contributed by atoms with van der Waals surface area (Å²) < 4.78 is 20.2. The van der Waals surface area contributed by atoms with Crippen molar-refractivity contribution in [3.63, 3.8) is 0 Å². The molecule has 5 nitrogen and oxygen atoms in total. The van der Waals surface area contributed by atoms with Gasteiger partial charge in [0.2, 0.25) is 0 Å². The summed E-state index contributed by atoms with van der Waals surface area (Å²) in [5.74, 6) is 0. The molecule has 0 radical (unpaired) electrons. The van der Waals surface area contributed by atoms with Crippen molar-refractivity contribution in [2.24, 2.45) is 0 Å². The summed E-state index contributed by atoms with van der Waals surface area (Å²) in [6.07, 6.45) is 4.73. The molecule has 0 heterocycles. The largest absolute Gasteiger partial charge is 0.394 e. The fraction of sp³-hybridized carbons (Fsp3) is 1.00. The molecule has 5 heteroatoms. The fourth-order valence-corrected chi connectivity index (χ4v) is 1.12. The Morgan fingerprint density at radius 1 is 0.650 bits per heavy atom. The molecule has 0 aliphatic rings. The summed E-state index contributed by atoms with van der Waals surface area (Å²) in [6.45, 7) is 9.26. The van der Waals surface area contributed by atoms with Crippen molar-refractivity contribution in [3.05, 3.63) is 0 Å². The van der Waals surface area contributed by atoms with Crippen molar-refractivity contribution in [2.45, 2.75) is 39.5 Å². The van der Waals surface area contributed by atoms with Gasteiger partial charge in [-0.15, -0.1) is 0 Å². The molecule has 0 atom stereocenters. The Balaban J connectivity index is 0. The van der Waals surface area contributed by atoms with E-state index in [1.807, 2.05) is 0 Å². The number of hydrogen-bond donors (Lipinski definition) is 1. The number of aliphatic hydroxyl groups is 1. The summed E-state index contributed by atoms with van der Waals surface area (Å²) in [5, 5.41) is 8.20. The second-order valence-corrected chi connectivity index (χ2v) is 4.26. The lowest BCUT2D eigenvalue weighted by Crippen LogP contribution is -2.05. The van der Waals surface area contributed by atoms with Crippen LogP contribution in [0.3, 0.4) is 0 Å². The van der Waals surface area contributed by atoms with E-state index in [-0.39, 0.29) is 6.61 Å². The van der Waals surface area contributed by atoms with Gasteiger partial charge in [0.05, 0.1) is 39.6 Å². The molecule has 20 heavy (non-hydrogen) atoms. The molecular weight excluding hydrogens is 260 g/mol. The minimum absolute atomic E-state index is 0.0870. The third-order valence-corrected chi connectivity index (χ3v) is 2.32. The molecule has 0 amide bonds. The smallest absolute Gasteiger partial charge is 0.0701 e. The molecule has 1 N–H and O–H groups in total. The van der Waals surface area contributed by atoms with Crippen LogP contribution in [0, 0.1) is 0 Å². The van der Waals surface area contributed by atoms with Crippen LogP contribution in [0.1, 0.15) is 39.5 Å². The molecule has 0 aromatic heterocycles. The maximum Gasteiger partial charge on any atom is 0.0701 e. The number of ether oxygens (including phenoxy) is 4. The summed E-state index contributed by atoms with van der Waals surface area (Å²) in [7, 11) is 1.61. The SMILES string of the molecule is CCCCOCCOCCCC.COCCOCCO. The molecule has 0 aromatic carbocycles. The predicted octanol–water partition coefficient (Wildman–Crippen LogP) is 2.26. The summed E-state index contributed by atoms with van der Waals surface area (Å²) >= 11 is 0. The van der Waals surface area contributed by atoms with Crippen LogP contribution in [-0.4, -0.2) is 65.1 Å². The lowest BCUT2D eigenvalue weighted by atomic mass is 10.4. The number of aliphatic hydroxyl groups excluding tert-OH is 1. The van der Waals surface area contributed by atoms with Crippen LogP contribution >= 0.6 is 0 Å². The first-order valence-corrected chi connectivity index (χ1v) is 7.66. The molecule has 0 aliphatic carbocycles. The Bertz CT molecular complexity index is 128. The molecule has 0 spiro atoms. The van der Waals surface area contributed by atoms with Crippen molar-refractivity contribution in [1.29, 1.82) is 0 Å². The van der Waals surface area contributed by atoms with E-state index in [2.05, 4.69) is 18.6 Å². The predicted molar refractivity (Wildman–Crippen MR) is 81.2 cm³/mol. The Kier molecular flexibility index (Phi) is 26.4. The van der Waals surface area contributed by atoms with E-state index in [0.29, 0.717) is 19.8 Å². The Labute approximate surface area is 124 Å². The molecule has 0 fully saturated rings. The second kappa shape index (κ2) is 23.9. The number of hydrogen-bond acceptors (Lipinski definition) is 5. The van der Waals surface area contributed by atoms with Crippen LogP contribution in [-0.2, 0) is 18.9 Å². The summed E-state index contributed by atoms with van der Waals surface area (Å²) in [4.78, 5) is 0. The first-order chi connectivity index (χ1) is 9.83. The van der Waals surface area contributed by atoms with Gasteiger partial charge in [0.1, 0.15) is 0 Å². The third-order valence-electron chi connectivity index (χ3n) is 2.32. The van der Waals surface area contributed by atoms with Gasteiger partial charge in [0, 0.05) is 20.3 Å². The lowest BCUT2D eigenvalue weighted by Gasteiger charge is -2.03. The Morgan fingerprint density at radius 2 is 1.10 bits per heavy atom. The lowest BCUT2D eigenvalue weighted by molar-refractivity contribution is 0.0457. The molecule has 0 aromatic rings. The Morgan fingerprint density at radius 3 is 1.50 bits per heavy atom. The van der Waals surface area contributed by atoms with Gasteiger partial charge in [0.25, 0.3) is 0 Å². The first-order valence-electron chi connectivity index (χ1n) is 7.66. The monoisotopic (exact) mass is 294 g/mol. The zero-order chi connectivity index (χ0) is 15.3. The van der Waals surface area contributed by atoms with E-state index in [0.717, 1.165) is 39.3 Å². The van der Waals surface area contributed by atoms with Gasteiger partial charge in [-0.05, 0) is 12.8 Å². The van der Waals surface area contributed by atoms with E-state index in [4.69, 9.17) is 19.3 Å². The van der Waals surface area contributed by atoms with Gasteiger partial charge < -0.3 is 24.1 Å². The van der Waals surface area contributed by atoms with Crippen molar-refractivity contribution >= 4 is 0 Å². The number of methoxy groups -OCH3 is 1. The van der Waals surface area contributed by atoms with Crippen LogP contribution in [0.15, 0.2) is 0 Å². The fourth-order valence-electron chi connectivity index (χ4n) is 1.12. The zero-order valence-electron chi connectivity index (χ0n) is 13.6. The molecule has 0 bridgehead atoms. The van der Waals surface area contributed by atoms with Crippen molar-refractivity contribution in [1.82, 2.24) is 0 Å². The highest BCUT2D eigenvalue weighted by Gasteiger charge is 1.88. The normalized spacial score (nSPS) is 10.2. The first kappa shape index (κ1) is 22.1. The van der Waals surface area contributed by atoms with Gasteiger partial charge in [-0.1, -0.05) is 26.7 Å². The molecular formula is C15H34O5. The third kappa shape index (κ3) is 26.4. The van der Waals surface area contributed by atoms with E-state index in [1.165, 1.54) is 12.8 Å². The van der Waals surface area contributed by atoms with Crippen molar-refractivity contribution in [2.75, 3.05) is 60.0 Å². The van der Waals surface area contributed by atoms with Crippen LogP contribution in [0.4, 0.5) is 0 Å². The van der Waals surface area contributed by atoms with Crippen LogP contribution in [0.5, 0.6) is 0 Å². The molecule has 0 unspecified atom stereocenters. The zero-order valence-corrected chi connectivity index (χ0v) is 13.6. The van der Waals surface area contributed by atoms with E-state index in [9.17, 15) is 0 Å². The summed E-state index contributed by atoms with van der Waals surface area (Å²) in [5.41, 5.74) is 0. The van der Waals surface area contributed by atoms with Gasteiger partial charge in [-0.25, -0.2) is 0 Å². The van der Waals surface area contributed by atoms with Crippen LogP contribution < -0.4 is 0 Å². The average molecular weight is 294 g/mol. The van der Waals surface area contributed by atoms with Crippen molar-refractivity contribution in [3.8, 4) is 0 Å². The minimum atomic E-state index is 0.0870. The standard InChI is InChI=1S/C10H22O2.C5H12O3/c1-3-5-7-11-9-10-12-8-6-4-2;1-7-4-5-8-3-2-6/h3-10H2,1-2H3;6H,2-5H2,1H3. The highest BCUT2D eigenvalue weighted by molar-refractivity contribution is 4.35. The second-order valence-electron chi connectivity index (χ2n) is 4.26.